The quantitative estimate of drug-likeness (QED) is 0.656. The summed E-state index contributed by atoms with van der Waals surface area (Å²) >= 11 is 0. The first-order valence-corrected chi connectivity index (χ1v) is 3.23. The minimum atomic E-state index is 0. The molecule has 0 aliphatic carbocycles. The fraction of sp³-hybridized carbons (Fsp3) is 0. The second kappa shape index (κ2) is 6.37. The van der Waals surface area contributed by atoms with Gasteiger partial charge in [0.1, 0.15) is 0 Å². The summed E-state index contributed by atoms with van der Waals surface area (Å²) in [6, 6.07) is 17.9. The third-order valence-electron chi connectivity index (χ3n) is 1.53. The fourth-order valence-electron chi connectivity index (χ4n) is 1.01. The van der Waals surface area contributed by atoms with Crippen LogP contribution >= 0.6 is 0 Å². The number of fused-ring (bicyclic) bond motifs is 1. The Balaban J connectivity index is 0.000000605. The van der Waals surface area contributed by atoms with Gasteiger partial charge in [0.25, 0.3) is 0 Å². The molecular formula is C10H6Y2-2. The predicted molar refractivity (Wildman–Crippen MR) is 41.6 cm³/mol. The van der Waals surface area contributed by atoms with Crippen LogP contribution in [0.2, 0.25) is 0 Å². The van der Waals surface area contributed by atoms with E-state index >= 15 is 0 Å². The zero-order chi connectivity index (χ0) is 6.81. The number of benzene rings is 2. The third kappa shape index (κ3) is 3.00. The van der Waals surface area contributed by atoms with E-state index in [2.05, 4.69) is 12.1 Å². The van der Waals surface area contributed by atoms with Crippen LogP contribution in [-0.2, 0) is 65.4 Å². The van der Waals surface area contributed by atoms with Crippen molar-refractivity contribution in [2.24, 2.45) is 0 Å². The molecule has 0 aliphatic heterocycles. The van der Waals surface area contributed by atoms with Gasteiger partial charge >= 0.3 is 0 Å². The van der Waals surface area contributed by atoms with E-state index in [4.69, 9.17) is 0 Å². The van der Waals surface area contributed by atoms with E-state index < -0.39 is 0 Å². The molecule has 2 rings (SSSR count). The summed E-state index contributed by atoms with van der Waals surface area (Å²) in [6.45, 7) is 0. The van der Waals surface area contributed by atoms with Crippen molar-refractivity contribution in [1.29, 1.82) is 0 Å². The molecule has 54 valence electrons. The molecule has 12 heavy (non-hydrogen) atoms. The largest absolute Gasteiger partial charge is 0.185 e. The molecule has 0 N–H and O–H groups in total. The van der Waals surface area contributed by atoms with Crippen LogP contribution in [0.1, 0.15) is 0 Å². The molecule has 0 atom stereocenters. The van der Waals surface area contributed by atoms with Crippen LogP contribution in [0.25, 0.3) is 10.8 Å². The van der Waals surface area contributed by atoms with Gasteiger partial charge in [0.05, 0.1) is 0 Å². The van der Waals surface area contributed by atoms with Gasteiger partial charge < -0.3 is 0 Å². The topological polar surface area (TPSA) is 0 Å². The van der Waals surface area contributed by atoms with Crippen LogP contribution in [-0.4, -0.2) is 0 Å². The molecule has 0 nitrogen and oxygen atoms in total. The zero-order valence-electron chi connectivity index (χ0n) is 6.62. The van der Waals surface area contributed by atoms with Gasteiger partial charge in [-0.1, -0.05) is 0 Å². The van der Waals surface area contributed by atoms with Crippen LogP contribution < -0.4 is 0 Å². The Bertz CT molecular complexity index is 279. The minimum Gasteiger partial charge on any atom is -0.185 e. The maximum atomic E-state index is 3.02. The number of hydrogen-bond donors (Lipinski definition) is 0. The molecule has 0 unspecified atom stereocenters. The van der Waals surface area contributed by atoms with Crippen molar-refractivity contribution in [2.75, 3.05) is 0 Å². The van der Waals surface area contributed by atoms with Gasteiger partial charge in [-0.15, -0.1) is 0 Å². The molecule has 2 heteroatoms. The molecule has 0 spiro atoms. The van der Waals surface area contributed by atoms with Gasteiger partial charge in [-0.3, -0.25) is 0 Å². The average Bonchev–Trinajstić information content (AvgIpc) is 2.05. The van der Waals surface area contributed by atoms with Crippen molar-refractivity contribution in [3.05, 3.63) is 48.5 Å². The van der Waals surface area contributed by atoms with Gasteiger partial charge in [-0.25, -0.2) is 0 Å². The van der Waals surface area contributed by atoms with Gasteiger partial charge in [0.2, 0.25) is 0 Å². The maximum Gasteiger partial charge on any atom is 0 e. The Kier molecular flexibility index (Phi) is 6.86. The first-order valence-electron chi connectivity index (χ1n) is 3.23. The fourth-order valence-corrected chi connectivity index (χ4v) is 1.01. The second-order valence-corrected chi connectivity index (χ2v) is 2.20. The number of hydrogen-bond acceptors (Lipinski definition) is 0. The molecule has 2 aromatic carbocycles. The second-order valence-electron chi connectivity index (χ2n) is 2.20. The van der Waals surface area contributed by atoms with E-state index in [0.29, 0.717) is 0 Å². The summed E-state index contributed by atoms with van der Waals surface area (Å²) in [5.41, 5.74) is 0. The van der Waals surface area contributed by atoms with Crippen molar-refractivity contribution < 1.29 is 65.4 Å². The van der Waals surface area contributed by atoms with E-state index in [0.717, 1.165) is 0 Å². The van der Waals surface area contributed by atoms with Crippen molar-refractivity contribution >= 4 is 10.8 Å². The summed E-state index contributed by atoms with van der Waals surface area (Å²) in [5, 5.41) is 2.45. The predicted octanol–water partition coefficient (Wildman–Crippen LogP) is 2.44. The first kappa shape index (κ1) is 12.9. The summed E-state index contributed by atoms with van der Waals surface area (Å²) in [4.78, 5) is 0. The molecule has 2 aromatic rings. The molecule has 0 amide bonds. The van der Waals surface area contributed by atoms with Crippen molar-refractivity contribution in [3.63, 3.8) is 0 Å². The summed E-state index contributed by atoms with van der Waals surface area (Å²) in [7, 11) is 0. The minimum absolute atomic E-state index is 0. The van der Waals surface area contributed by atoms with E-state index in [1.807, 2.05) is 36.4 Å². The average molecular weight is 304 g/mol. The van der Waals surface area contributed by atoms with Gasteiger partial charge in [0, 0.05) is 65.4 Å². The monoisotopic (exact) mass is 304 g/mol. The molecule has 0 aliphatic rings. The molecular weight excluding hydrogens is 298 g/mol. The summed E-state index contributed by atoms with van der Waals surface area (Å²) in [6.07, 6.45) is 0. The van der Waals surface area contributed by atoms with Crippen LogP contribution in [0, 0.1) is 12.1 Å². The van der Waals surface area contributed by atoms with Gasteiger partial charge in [0.15, 0.2) is 0 Å². The Labute approximate surface area is 123 Å². The standard InChI is InChI=1S/C10H6.2Y/c1-2-6-10-8-4-3-7-9(10)5-1;;/h1,3,5-8H;;/q-2;;. The maximum absolute atomic E-state index is 3.02. The van der Waals surface area contributed by atoms with Crippen molar-refractivity contribution in [3.8, 4) is 0 Å². The van der Waals surface area contributed by atoms with E-state index in [1.165, 1.54) is 10.8 Å². The Morgan fingerprint density at radius 2 is 1.25 bits per heavy atom. The number of rotatable bonds is 0. The van der Waals surface area contributed by atoms with Crippen molar-refractivity contribution in [1.82, 2.24) is 0 Å². The first-order chi connectivity index (χ1) is 4.97. The molecule has 2 radical (unpaired) electrons. The van der Waals surface area contributed by atoms with Gasteiger partial charge in [-0.05, 0) is 0 Å². The van der Waals surface area contributed by atoms with E-state index in [9.17, 15) is 0 Å². The SMILES string of the molecule is [Y].[Y].[c-]1ccc2cc[c-]cc2c1. The van der Waals surface area contributed by atoms with E-state index in [1.54, 1.807) is 0 Å². The van der Waals surface area contributed by atoms with Crippen LogP contribution in [0.15, 0.2) is 36.4 Å². The summed E-state index contributed by atoms with van der Waals surface area (Å²) in [5.74, 6) is 0. The molecule has 0 aromatic heterocycles. The molecule has 0 saturated heterocycles. The molecule has 0 saturated carbocycles. The Hall–Kier alpha value is 0.908. The van der Waals surface area contributed by atoms with Crippen molar-refractivity contribution in [2.45, 2.75) is 0 Å². The molecule has 0 bridgehead atoms. The smallest absolute Gasteiger partial charge is 0 e. The summed E-state index contributed by atoms with van der Waals surface area (Å²) < 4.78 is 0. The Morgan fingerprint density at radius 1 is 0.750 bits per heavy atom. The van der Waals surface area contributed by atoms with E-state index in [-0.39, 0.29) is 65.4 Å². The van der Waals surface area contributed by atoms with Crippen LogP contribution in [0.5, 0.6) is 0 Å². The Morgan fingerprint density at radius 3 is 1.67 bits per heavy atom. The van der Waals surface area contributed by atoms with Gasteiger partial charge in [-0.2, -0.15) is 59.3 Å². The van der Waals surface area contributed by atoms with Crippen LogP contribution in [0.4, 0.5) is 0 Å². The third-order valence-corrected chi connectivity index (χ3v) is 1.53. The molecule has 0 fully saturated rings. The zero-order valence-corrected chi connectivity index (χ0v) is 12.3. The molecule has 0 heterocycles. The normalized spacial score (nSPS) is 8.33. The van der Waals surface area contributed by atoms with Crippen LogP contribution in [0.3, 0.4) is 0 Å².